The van der Waals surface area contributed by atoms with Crippen molar-refractivity contribution in [2.24, 2.45) is 0 Å². The number of benzene rings is 9. The highest BCUT2D eigenvalue weighted by Gasteiger charge is 2.36. The molecule has 1 aliphatic carbocycles. The molecule has 0 radical (unpaired) electrons. The summed E-state index contributed by atoms with van der Waals surface area (Å²) in [5.41, 5.74) is 14.7. The number of aromatic nitrogens is 1. The molecule has 0 atom stereocenters. The van der Waals surface area contributed by atoms with E-state index in [4.69, 9.17) is 0 Å². The van der Waals surface area contributed by atoms with Gasteiger partial charge in [-0.1, -0.05) is 159 Å². The van der Waals surface area contributed by atoms with Crippen molar-refractivity contribution in [1.29, 1.82) is 0 Å². The first-order valence-corrected chi connectivity index (χ1v) is 19.2. The van der Waals surface area contributed by atoms with Crippen molar-refractivity contribution < 1.29 is 0 Å². The first kappa shape index (κ1) is 31.6. The maximum absolute atomic E-state index is 2.53. The first-order chi connectivity index (χ1) is 27.1. The van der Waals surface area contributed by atoms with Gasteiger partial charge in [0.15, 0.2) is 0 Å². The summed E-state index contributed by atoms with van der Waals surface area (Å²) in [6.45, 7) is 4.74. The minimum atomic E-state index is -0.137. The van der Waals surface area contributed by atoms with Crippen LogP contribution in [-0.4, -0.2) is 4.57 Å². The van der Waals surface area contributed by atoms with Crippen LogP contribution in [0.1, 0.15) is 25.0 Å². The topological polar surface area (TPSA) is 8.17 Å². The molecule has 0 unspecified atom stereocenters. The molecule has 2 nitrogen and oxygen atoms in total. The van der Waals surface area contributed by atoms with E-state index in [0.29, 0.717) is 0 Å². The summed E-state index contributed by atoms with van der Waals surface area (Å²) in [6.07, 6.45) is 0. The van der Waals surface area contributed by atoms with Crippen molar-refractivity contribution >= 4 is 60.4 Å². The van der Waals surface area contributed by atoms with Crippen LogP contribution >= 0.6 is 0 Å². The number of rotatable bonds is 5. The van der Waals surface area contributed by atoms with Crippen LogP contribution in [0.25, 0.3) is 71.3 Å². The van der Waals surface area contributed by atoms with Gasteiger partial charge in [-0.25, -0.2) is 0 Å². The molecule has 260 valence electrons. The second-order valence-corrected chi connectivity index (χ2v) is 15.3. The Morgan fingerprint density at radius 3 is 1.65 bits per heavy atom. The fourth-order valence-corrected chi connectivity index (χ4v) is 9.46. The summed E-state index contributed by atoms with van der Waals surface area (Å²) in [6, 6.07) is 71.5. The molecule has 55 heavy (non-hydrogen) atoms. The van der Waals surface area contributed by atoms with E-state index in [9.17, 15) is 0 Å². The second kappa shape index (κ2) is 12.1. The quantitative estimate of drug-likeness (QED) is 0.162. The van der Waals surface area contributed by atoms with Crippen LogP contribution in [0.4, 0.5) is 17.1 Å². The molecule has 1 heterocycles. The fraction of sp³-hybridized carbons (Fsp3) is 0.0566. The summed E-state index contributed by atoms with van der Waals surface area (Å²) in [5.74, 6) is 0. The molecule has 0 aliphatic heterocycles. The molecule has 1 aliphatic rings. The highest BCUT2D eigenvalue weighted by molar-refractivity contribution is 6.23. The third-order valence-corrected chi connectivity index (χ3v) is 11.9. The first-order valence-electron chi connectivity index (χ1n) is 19.2. The molecular weight excluding hydrogens is 665 g/mol. The normalized spacial score (nSPS) is 13.1. The zero-order chi connectivity index (χ0) is 36.7. The summed E-state index contributed by atoms with van der Waals surface area (Å²) < 4.78 is 2.40. The lowest BCUT2D eigenvalue weighted by molar-refractivity contribution is 0.660. The molecule has 9 aromatic carbocycles. The van der Waals surface area contributed by atoms with Gasteiger partial charge in [-0.2, -0.15) is 0 Å². The van der Waals surface area contributed by atoms with Crippen molar-refractivity contribution in [2.45, 2.75) is 19.3 Å². The summed E-state index contributed by atoms with van der Waals surface area (Å²) in [5, 5.41) is 7.38. The van der Waals surface area contributed by atoms with Crippen LogP contribution < -0.4 is 4.90 Å². The van der Waals surface area contributed by atoms with Crippen molar-refractivity contribution in [3.05, 3.63) is 205 Å². The van der Waals surface area contributed by atoms with Gasteiger partial charge in [0, 0.05) is 44.0 Å². The Balaban J connectivity index is 1.24. The van der Waals surface area contributed by atoms with Gasteiger partial charge in [0.1, 0.15) is 0 Å². The SMILES string of the molecule is CC1(C)c2ccccc2-c2ccc(N(c3ccc4c(c3)c3ccccc3n4-c3ccccc3)c3c4ccccc4c(-c4ccccc4)c4ccccc34)cc21. The Hall–Kier alpha value is -6.90. The molecule has 0 saturated carbocycles. The van der Waals surface area contributed by atoms with Crippen molar-refractivity contribution in [2.75, 3.05) is 4.90 Å². The predicted molar refractivity (Wildman–Crippen MR) is 233 cm³/mol. The Morgan fingerprint density at radius 1 is 0.400 bits per heavy atom. The number of fused-ring (bicyclic) bond motifs is 8. The van der Waals surface area contributed by atoms with Crippen LogP contribution in [0.2, 0.25) is 0 Å². The molecule has 11 rings (SSSR count). The molecule has 10 aromatic rings. The lowest BCUT2D eigenvalue weighted by Crippen LogP contribution is -2.17. The zero-order valence-corrected chi connectivity index (χ0v) is 30.9. The molecule has 0 amide bonds. The average molecular weight is 703 g/mol. The molecule has 0 bridgehead atoms. The largest absolute Gasteiger partial charge is 0.309 e. The van der Waals surface area contributed by atoms with E-state index in [1.807, 2.05) is 0 Å². The number of hydrogen-bond acceptors (Lipinski definition) is 1. The van der Waals surface area contributed by atoms with Gasteiger partial charge < -0.3 is 9.47 Å². The highest BCUT2D eigenvalue weighted by atomic mass is 15.1. The minimum Gasteiger partial charge on any atom is -0.309 e. The number of hydrogen-bond donors (Lipinski definition) is 0. The van der Waals surface area contributed by atoms with Crippen LogP contribution in [0.15, 0.2) is 194 Å². The van der Waals surface area contributed by atoms with Gasteiger partial charge in [0.05, 0.1) is 16.7 Å². The highest BCUT2D eigenvalue weighted by Crippen LogP contribution is 2.53. The number of nitrogens with zero attached hydrogens (tertiary/aromatic N) is 2. The van der Waals surface area contributed by atoms with Crippen LogP contribution in [0, 0.1) is 0 Å². The third-order valence-electron chi connectivity index (χ3n) is 11.9. The van der Waals surface area contributed by atoms with E-state index in [1.165, 1.54) is 82.4 Å². The van der Waals surface area contributed by atoms with Crippen molar-refractivity contribution in [1.82, 2.24) is 4.57 Å². The second-order valence-electron chi connectivity index (χ2n) is 15.3. The standard InChI is InChI=1S/C53H38N2/c1-53(2)47-27-15-13-21-39(47)40-31-29-38(34-48(40)53)54(37-30-32-50-46(33-37)41-22-14-16-28-49(41)55(50)36-19-7-4-8-20-36)52-44-25-11-9-23-42(44)51(35-17-5-3-6-18-35)43-24-10-12-26-45(43)52/h3-34H,1-2H3. The van der Waals surface area contributed by atoms with Crippen molar-refractivity contribution in [3.63, 3.8) is 0 Å². The van der Waals surface area contributed by atoms with Crippen LogP contribution in [0.3, 0.4) is 0 Å². The Bertz CT molecular complexity index is 3060. The monoisotopic (exact) mass is 702 g/mol. The van der Waals surface area contributed by atoms with E-state index in [-0.39, 0.29) is 5.41 Å². The Kier molecular flexibility index (Phi) is 6.93. The molecule has 0 saturated heterocycles. The average Bonchev–Trinajstić information content (AvgIpc) is 3.69. The summed E-state index contributed by atoms with van der Waals surface area (Å²) in [7, 11) is 0. The van der Waals surface area contributed by atoms with E-state index >= 15 is 0 Å². The Morgan fingerprint density at radius 2 is 0.927 bits per heavy atom. The predicted octanol–water partition coefficient (Wildman–Crippen LogP) is 14.5. The van der Waals surface area contributed by atoms with Crippen LogP contribution in [0.5, 0.6) is 0 Å². The minimum absolute atomic E-state index is 0.137. The van der Waals surface area contributed by atoms with Crippen LogP contribution in [-0.2, 0) is 5.41 Å². The van der Waals surface area contributed by atoms with E-state index in [0.717, 1.165) is 17.1 Å². The smallest absolute Gasteiger partial charge is 0.0618 e. The molecule has 0 fully saturated rings. The van der Waals surface area contributed by atoms with Gasteiger partial charge in [0.2, 0.25) is 0 Å². The summed E-state index contributed by atoms with van der Waals surface area (Å²) in [4.78, 5) is 2.53. The van der Waals surface area contributed by atoms with E-state index < -0.39 is 0 Å². The van der Waals surface area contributed by atoms with E-state index in [1.54, 1.807) is 0 Å². The summed E-state index contributed by atoms with van der Waals surface area (Å²) >= 11 is 0. The molecule has 2 heteroatoms. The molecule has 0 N–H and O–H groups in total. The maximum Gasteiger partial charge on any atom is 0.0618 e. The number of para-hydroxylation sites is 2. The van der Waals surface area contributed by atoms with Gasteiger partial charge in [-0.3, -0.25) is 0 Å². The number of anilines is 3. The van der Waals surface area contributed by atoms with Gasteiger partial charge >= 0.3 is 0 Å². The molecule has 0 spiro atoms. The third kappa shape index (κ3) is 4.68. The Labute approximate surface area is 321 Å². The molecular formula is C53H38N2. The molecule has 1 aromatic heterocycles. The van der Waals surface area contributed by atoms with Gasteiger partial charge in [-0.15, -0.1) is 0 Å². The fourth-order valence-electron chi connectivity index (χ4n) is 9.46. The zero-order valence-electron chi connectivity index (χ0n) is 30.9. The van der Waals surface area contributed by atoms with Gasteiger partial charge in [0.25, 0.3) is 0 Å². The van der Waals surface area contributed by atoms with Crippen molar-refractivity contribution in [3.8, 4) is 27.9 Å². The maximum atomic E-state index is 2.53. The van der Waals surface area contributed by atoms with Gasteiger partial charge in [-0.05, 0) is 92.7 Å². The lowest BCUT2D eigenvalue weighted by Gasteiger charge is -2.31. The van der Waals surface area contributed by atoms with E-state index in [2.05, 4.69) is 217 Å². The lowest BCUT2D eigenvalue weighted by atomic mass is 9.82.